The molecule has 250 valence electrons. The Bertz CT molecular complexity index is 1670. The number of rotatable bonds is 9. The molecule has 2 fully saturated rings. The summed E-state index contributed by atoms with van der Waals surface area (Å²) in [6, 6.07) is 4.78. The predicted octanol–water partition coefficient (Wildman–Crippen LogP) is 3.31. The largest absolute Gasteiger partial charge is 0.459 e. The van der Waals surface area contributed by atoms with Gasteiger partial charge in [0.15, 0.2) is 0 Å². The van der Waals surface area contributed by atoms with E-state index in [0.717, 1.165) is 81.1 Å². The van der Waals surface area contributed by atoms with Crippen LogP contribution in [0.1, 0.15) is 61.4 Å². The van der Waals surface area contributed by atoms with E-state index in [9.17, 15) is 10.1 Å². The van der Waals surface area contributed by atoms with Crippen molar-refractivity contribution in [3.05, 3.63) is 40.1 Å². The number of nitriles is 1. The monoisotopic (exact) mass is 660 g/mol. The molecule has 0 spiro atoms. The molecule has 2 saturated heterocycles. The molecule has 1 amide bonds. The quantitative estimate of drug-likeness (QED) is 0.335. The number of likely N-dealkylation sites (N-methyl/N-ethyl adjacent to an activating group) is 2. The highest BCUT2D eigenvalue weighted by Crippen LogP contribution is 2.48. The summed E-state index contributed by atoms with van der Waals surface area (Å²) >= 11 is 1.48. The van der Waals surface area contributed by atoms with Crippen molar-refractivity contribution in [3.8, 4) is 23.6 Å². The number of amides is 1. The number of nitrogen functional groups attached to an aromatic ring is 1. The molecule has 3 atom stereocenters. The number of anilines is 2. The highest BCUT2D eigenvalue weighted by molar-refractivity contribution is 7.16. The molecular weight excluding hydrogens is 616 g/mol. The van der Waals surface area contributed by atoms with E-state index >= 15 is 0 Å². The number of carbonyl (C=O) groups is 1. The fraction of sp³-hybridized carbons (Fsp3) is 0.576. The number of aromatic nitrogens is 4. The topological polar surface area (TPSA) is 154 Å². The van der Waals surface area contributed by atoms with Crippen LogP contribution in [-0.4, -0.2) is 113 Å². The summed E-state index contributed by atoms with van der Waals surface area (Å²) in [6.07, 6.45) is 8.22. The third kappa shape index (κ3) is 6.70. The molecule has 0 bridgehead atoms. The minimum atomic E-state index is -0.628. The third-order valence-corrected chi connectivity index (χ3v) is 10.8. The van der Waals surface area contributed by atoms with Gasteiger partial charge in [-0.3, -0.25) is 14.6 Å². The maximum atomic E-state index is 11.9. The third-order valence-electron chi connectivity index (χ3n) is 9.74. The van der Waals surface area contributed by atoms with Crippen LogP contribution in [0.15, 0.2) is 22.7 Å². The van der Waals surface area contributed by atoms with Crippen molar-refractivity contribution in [2.45, 2.75) is 63.5 Å². The van der Waals surface area contributed by atoms with Gasteiger partial charge in [-0.15, -0.1) is 11.3 Å². The lowest BCUT2D eigenvalue weighted by molar-refractivity contribution is -0.123. The second kappa shape index (κ2) is 13.6. The van der Waals surface area contributed by atoms with E-state index in [0.29, 0.717) is 34.5 Å². The molecule has 13 nitrogen and oxygen atoms in total. The van der Waals surface area contributed by atoms with Crippen molar-refractivity contribution in [2.24, 2.45) is 0 Å². The molecule has 5 heterocycles. The van der Waals surface area contributed by atoms with Crippen molar-refractivity contribution >= 4 is 28.1 Å². The highest BCUT2D eigenvalue weighted by Gasteiger charge is 2.43. The van der Waals surface area contributed by atoms with Crippen molar-refractivity contribution in [3.63, 3.8) is 0 Å². The molecule has 0 saturated carbocycles. The van der Waals surface area contributed by atoms with E-state index in [-0.39, 0.29) is 24.1 Å². The zero-order valence-corrected chi connectivity index (χ0v) is 28.7. The molecule has 6 rings (SSSR count). The predicted molar refractivity (Wildman–Crippen MR) is 180 cm³/mol. The van der Waals surface area contributed by atoms with Gasteiger partial charge in [0.05, 0.1) is 11.0 Å². The average molecular weight is 661 g/mol. The van der Waals surface area contributed by atoms with Crippen LogP contribution < -0.4 is 15.4 Å². The van der Waals surface area contributed by atoms with Gasteiger partial charge < -0.3 is 24.8 Å². The number of nitrogens with zero attached hydrogens (tertiary/aromatic N) is 9. The Morgan fingerprint density at radius 1 is 1.26 bits per heavy atom. The number of piperazine rings is 1. The smallest absolute Gasteiger partial charge is 0.319 e. The molecular formula is C33H44N10O3S. The van der Waals surface area contributed by atoms with Gasteiger partial charge in [0, 0.05) is 75.4 Å². The van der Waals surface area contributed by atoms with E-state index in [4.69, 9.17) is 29.9 Å². The second-order valence-corrected chi connectivity index (χ2v) is 14.3. The number of carbonyl (C=O) groups excluding carboxylic acids is 1. The first-order valence-corrected chi connectivity index (χ1v) is 17.2. The first kappa shape index (κ1) is 32.9. The molecule has 3 aromatic heterocycles. The zero-order valence-electron chi connectivity index (χ0n) is 27.9. The van der Waals surface area contributed by atoms with Gasteiger partial charge >= 0.3 is 6.01 Å². The van der Waals surface area contributed by atoms with Crippen molar-refractivity contribution in [2.75, 3.05) is 71.0 Å². The van der Waals surface area contributed by atoms with Gasteiger partial charge in [0.2, 0.25) is 17.6 Å². The van der Waals surface area contributed by atoms with Crippen LogP contribution in [0.2, 0.25) is 0 Å². The summed E-state index contributed by atoms with van der Waals surface area (Å²) in [4.78, 5) is 36.0. The molecule has 1 aliphatic carbocycles. The maximum absolute atomic E-state index is 11.9. The summed E-state index contributed by atoms with van der Waals surface area (Å²) in [7, 11) is 5.62. The number of hydrogen-bond acceptors (Lipinski definition) is 13. The Morgan fingerprint density at radius 3 is 2.74 bits per heavy atom. The van der Waals surface area contributed by atoms with Gasteiger partial charge in [-0.25, -0.2) is 0 Å². The number of nitrogens with two attached hydrogens (primary N) is 1. The Morgan fingerprint density at radius 2 is 2.04 bits per heavy atom. The van der Waals surface area contributed by atoms with Crippen LogP contribution in [0.5, 0.6) is 6.01 Å². The van der Waals surface area contributed by atoms with Gasteiger partial charge in [-0.2, -0.15) is 20.2 Å². The van der Waals surface area contributed by atoms with Gasteiger partial charge in [-0.1, -0.05) is 11.2 Å². The molecule has 14 heteroatoms. The Balaban J connectivity index is 1.27. The van der Waals surface area contributed by atoms with Crippen LogP contribution in [-0.2, 0) is 16.6 Å². The first-order valence-electron chi connectivity index (χ1n) is 16.3. The lowest BCUT2D eigenvalue weighted by Crippen LogP contribution is -2.46. The lowest BCUT2D eigenvalue weighted by Gasteiger charge is -2.35. The number of fused-ring (bicyclic) bond motifs is 1. The van der Waals surface area contributed by atoms with Gasteiger partial charge in [0.1, 0.15) is 28.7 Å². The van der Waals surface area contributed by atoms with Crippen LogP contribution in [0.4, 0.5) is 10.8 Å². The minimum absolute atomic E-state index is 0.0183. The van der Waals surface area contributed by atoms with Crippen molar-refractivity contribution in [1.29, 1.82) is 5.26 Å². The Hall–Kier alpha value is -4.06. The fourth-order valence-electron chi connectivity index (χ4n) is 6.99. The Labute approximate surface area is 280 Å². The van der Waals surface area contributed by atoms with Crippen molar-refractivity contribution in [1.82, 2.24) is 34.8 Å². The Kier molecular flexibility index (Phi) is 9.50. The van der Waals surface area contributed by atoms with E-state index in [1.165, 1.54) is 11.3 Å². The summed E-state index contributed by atoms with van der Waals surface area (Å²) in [5.74, 6) is 1.52. The molecule has 47 heavy (non-hydrogen) atoms. The van der Waals surface area contributed by atoms with Gasteiger partial charge in [0.25, 0.3) is 0 Å². The summed E-state index contributed by atoms with van der Waals surface area (Å²) < 4.78 is 12.4. The van der Waals surface area contributed by atoms with Crippen LogP contribution in [0.25, 0.3) is 11.5 Å². The lowest BCUT2D eigenvalue weighted by atomic mass is 9.72. The van der Waals surface area contributed by atoms with Crippen LogP contribution in [0.3, 0.4) is 0 Å². The summed E-state index contributed by atoms with van der Waals surface area (Å²) in [5, 5.41) is 14.9. The molecule has 1 unspecified atom stereocenters. The number of aryl methyl sites for hydroxylation is 1. The van der Waals surface area contributed by atoms with Crippen LogP contribution >= 0.6 is 11.3 Å². The molecule has 2 aliphatic heterocycles. The SMILES string of the molecule is C[C@H](Oc1nc(-c2noc([C@@]3(C)CCCc4sc(N)c(C#N)c43)n2)cc(N2CCN(C/C=C/C(=O)N(C)C)CC2)n1)C1CCCN1C. The molecule has 3 aliphatic rings. The minimum Gasteiger partial charge on any atom is -0.459 e. The van der Waals surface area contributed by atoms with E-state index < -0.39 is 5.41 Å². The number of likely N-dealkylation sites (tertiary alicyclic amines) is 1. The van der Waals surface area contributed by atoms with E-state index in [1.807, 2.05) is 12.1 Å². The molecule has 3 aromatic rings. The number of ether oxygens (including phenoxy) is 1. The molecule has 2 N–H and O–H groups in total. The van der Waals surface area contributed by atoms with Crippen molar-refractivity contribution < 1.29 is 14.1 Å². The number of thiophene rings is 1. The van der Waals surface area contributed by atoms with E-state index in [1.54, 1.807) is 25.1 Å². The second-order valence-electron chi connectivity index (χ2n) is 13.2. The standard InChI is InChI=1S/C33H44N10O3S/c1-21(24-9-7-13-41(24)5)45-32-36-23(19-26(37-32)43-17-15-42(16-18-43)14-8-11-27(44)40(3)4)30-38-31(46-39-30)33(2)12-6-10-25-28(33)22(20-34)29(35)47-25/h8,11,19,21,24H,6-7,9-10,12-18,35H2,1-5H3/b11-8+/t21-,24?,33-/m0/s1. The zero-order chi connectivity index (χ0) is 33.3. The molecule has 0 radical (unpaired) electrons. The van der Waals surface area contributed by atoms with Crippen LogP contribution in [0, 0.1) is 11.3 Å². The average Bonchev–Trinajstić information content (AvgIpc) is 3.80. The summed E-state index contributed by atoms with van der Waals surface area (Å²) in [5.41, 5.74) is 7.56. The van der Waals surface area contributed by atoms with E-state index in [2.05, 4.69) is 46.8 Å². The summed E-state index contributed by atoms with van der Waals surface area (Å²) in [6.45, 7) is 9.02. The van der Waals surface area contributed by atoms with Gasteiger partial charge in [-0.05, 0) is 59.5 Å². The first-order chi connectivity index (χ1) is 22.6. The fourth-order valence-corrected chi connectivity index (χ4v) is 8.18. The number of hydrogen-bond donors (Lipinski definition) is 1. The normalized spacial score (nSPS) is 22.7. The molecule has 0 aromatic carbocycles. The highest BCUT2D eigenvalue weighted by atomic mass is 32.1. The maximum Gasteiger partial charge on any atom is 0.319 e.